The number of thioether (sulfide) groups is 1. The van der Waals surface area contributed by atoms with E-state index in [0.717, 1.165) is 11.1 Å². The molecule has 2 aromatic rings. The number of nitrogens with one attached hydrogen (secondary N) is 1. The molecule has 4 heteroatoms. The smallest absolute Gasteiger partial charge is 0.173 e. The number of aromatic hydroxyl groups is 2. The molecular formula is C20H25NO2S. The lowest BCUT2D eigenvalue weighted by atomic mass is 10.1. The van der Waals surface area contributed by atoms with Crippen LogP contribution in [0.25, 0.3) is 0 Å². The van der Waals surface area contributed by atoms with Crippen molar-refractivity contribution >= 4 is 18.0 Å². The van der Waals surface area contributed by atoms with Crippen molar-refractivity contribution < 1.29 is 10.2 Å². The Morgan fingerprint density at radius 1 is 1.00 bits per heavy atom. The number of phenols is 2. The molecule has 0 aliphatic carbocycles. The SMILES string of the molecule is CC.CC.Cc1ccc(SC#Cc2cc(C=N)cc(O)c2O)cc1. The van der Waals surface area contributed by atoms with Crippen molar-refractivity contribution in [2.24, 2.45) is 0 Å². The molecule has 3 nitrogen and oxygen atoms in total. The fourth-order valence-electron chi connectivity index (χ4n) is 1.57. The Bertz CT molecular complexity index is 698. The molecule has 24 heavy (non-hydrogen) atoms. The largest absolute Gasteiger partial charge is 0.504 e. The van der Waals surface area contributed by atoms with E-state index in [0.29, 0.717) is 11.1 Å². The van der Waals surface area contributed by atoms with Crippen molar-refractivity contribution in [2.45, 2.75) is 39.5 Å². The number of hydrogen-bond acceptors (Lipinski definition) is 4. The van der Waals surface area contributed by atoms with Crippen molar-refractivity contribution in [3.63, 3.8) is 0 Å². The third kappa shape index (κ3) is 6.80. The average molecular weight is 343 g/mol. The van der Waals surface area contributed by atoms with E-state index in [9.17, 15) is 10.2 Å². The second kappa shape index (κ2) is 12.1. The molecule has 2 rings (SSSR count). The molecule has 0 saturated carbocycles. The molecule has 0 unspecified atom stereocenters. The normalized spacial score (nSPS) is 8.54. The Kier molecular flexibility index (Phi) is 10.9. The van der Waals surface area contributed by atoms with Crippen LogP contribution in [0.3, 0.4) is 0 Å². The Morgan fingerprint density at radius 3 is 2.12 bits per heavy atom. The number of phenolic OH excluding ortho intramolecular Hbond substituents is 2. The average Bonchev–Trinajstić information content (AvgIpc) is 2.63. The minimum atomic E-state index is -0.268. The van der Waals surface area contributed by atoms with Gasteiger partial charge in [0.1, 0.15) is 0 Å². The highest BCUT2D eigenvalue weighted by molar-refractivity contribution is 8.03. The maximum absolute atomic E-state index is 9.71. The molecule has 0 radical (unpaired) electrons. The van der Waals surface area contributed by atoms with Crippen molar-refractivity contribution in [1.29, 1.82) is 5.41 Å². The van der Waals surface area contributed by atoms with Gasteiger partial charge in [-0.05, 0) is 53.8 Å². The van der Waals surface area contributed by atoms with Crippen molar-refractivity contribution in [3.8, 4) is 22.7 Å². The standard InChI is InChI=1S/C16H13NO2S.2C2H6/c1-11-2-4-14(5-3-11)20-7-6-13-8-12(10-17)9-15(18)16(13)19;2*1-2/h2-5,8-10,17-19H,1H3;2*1-2H3. The summed E-state index contributed by atoms with van der Waals surface area (Å²) < 4.78 is 0. The lowest BCUT2D eigenvalue weighted by molar-refractivity contribution is 0.402. The van der Waals surface area contributed by atoms with Crippen LogP contribution in [0, 0.1) is 23.5 Å². The zero-order valence-electron chi connectivity index (χ0n) is 14.8. The molecule has 128 valence electrons. The maximum atomic E-state index is 9.71. The first-order valence-electron chi connectivity index (χ1n) is 7.91. The molecule has 2 aromatic carbocycles. The van der Waals surface area contributed by atoms with Crippen LogP contribution in [0.1, 0.15) is 44.4 Å². The molecule has 0 bridgehead atoms. The van der Waals surface area contributed by atoms with Gasteiger partial charge in [0.25, 0.3) is 0 Å². The summed E-state index contributed by atoms with van der Waals surface area (Å²) in [4.78, 5) is 1.01. The van der Waals surface area contributed by atoms with Gasteiger partial charge in [0.2, 0.25) is 0 Å². The van der Waals surface area contributed by atoms with Gasteiger partial charge >= 0.3 is 0 Å². The molecule has 0 spiro atoms. The summed E-state index contributed by atoms with van der Waals surface area (Å²) in [6, 6.07) is 10.8. The molecular weight excluding hydrogens is 318 g/mol. The van der Waals surface area contributed by atoms with Crippen LogP contribution in [-0.2, 0) is 0 Å². The monoisotopic (exact) mass is 343 g/mol. The van der Waals surface area contributed by atoms with Gasteiger partial charge in [-0.3, -0.25) is 0 Å². The van der Waals surface area contributed by atoms with E-state index in [1.54, 1.807) is 6.07 Å². The van der Waals surface area contributed by atoms with Gasteiger partial charge in [-0.15, -0.1) is 0 Å². The van der Waals surface area contributed by atoms with Crippen LogP contribution < -0.4 is 0 Å². The van der Waals surface area contributed by atoms with E-state index >= 15 is 0 Å². The van der Waals surface area contributed by atoms with Crippen molar-refractivity contribution in [3.05, 3.63) is 53.1 Å². The molecule has 0 atom stereocenters. The van der Waals surface area contributed by atoms with Crippen LogP contribution in [0.5, 0.6) is 11.5 Å². The highest BCUT2D eigenvalue weighted by atomic mass is 32.2. The molecule has 3 N–H and O–H groups in total. The Hall–Kier alpha value is -2.38. The van der Waals surface area contributed by atoms with Gasteiger partial charge in [0.05, 0.1) is 5.56 Å². The van der Waals surface area contributed by atoms with E-state index in [-0.39, 0.29) is 11.5 Å². The summed E-state index contributed by atoms with van der Waals surface area (Å²) in [5.41, 5.74) is 1.98. The molecule has 0 amide bonds. The minimum absolute atomic E-state index is 0.257. The van der Waals surface area contributed by atoms with Gasteiger partial charge in [-0.1, -0.05) is 51.3 Å². The first-order chi connectivity index (χ1) is 11.6. The van der Waals surface area contributed by atoms with Crippen molar-refractivity contribution in [1.82, 2.24) is 0 Å². The lowest BCUT2D eigenvalue weighted by Gasteiger charge is -2.02. The number of hydrogen-bond donors (Lipinski definition) is 3. The topological polar surface area (TPSA) is 64.3 Å². The molecule has 0 aliphatic heterocycles. The lowest BCUT2D eigenvalue weighted by Crippen LogP contribution is -1.84. The zero-order valence-corrected chi connectivity index (χ0v) is 15.7. The summed E-state index contributed by atoms with van der Waals surface area (Å²) >= 11 is 1.34. The summed E-state index contributed by atoms with van der Waals surface area (Å²) in [7, 11) is 0. The predicted octanol–water partition coefficient (Wildman–Crippen LogP) is 5.56. The van der Waals surface area contributed by atoms with Crippen molar-refractivity contribution in [2.75, 3.05) is 0 Å². The quantitative estimate of drug-likeness (QED) is 0.289. The minimum Gasteiger partial charge on any atom is -0.504 e. The predicted molar refractivity (Wildman–Crippen MR) is 104 cm³/mol. The summed E-state index contributed by atoms with van der Waals surface area (Å²) in [6.45, 7) is 10.0. The fraction of sp³-hybridized carbons (Fsp3) is 0.250. The Morgan fingerprint density at radius 2 is 1.58 bits per heavy atom. The first-order valence-corrected chi connectivity index (χ1v) is 8.73. The molecule has 0 saturated heterocycles. The highest BCUT2D eigenvalue weighted by Crippen LogP contribution is 2.29. The van der Waals surface area contributed by atoms with E-state index in [4.69, 9.17) is 5.41 Å². The van der Waals surface area contributed by atoms with E-state index in [1.165, 1.54) is 23.4 Å². The third-order valence-corrected chi connectivity index (χ3v) is 3.37. The van der Waals surface area contributed by atoms with E-state index in [2.05, 4.69) is 11.2 Å². The number of benzene rings is 2. The van der Waals surface area contributed by atoms with Gasteiger partial charge in [-0.25, -0.2) is 0 Å². The van der Waals surface area contributed by atoms with E-state index < -0.39 is 0 Å². The van der Waals surface area contributed by atoms with Crippen LogP contribution in [0.2, 0.25) is 0 Å². The number of rotatable bonds is 2. The van der Waals surface area contributed by atoms with Crippen LogP contribution >= 0.6 is 11.8 Å². The molecule has 0 aliphatic rings. The Labute approximate surface area is 149 Å². The van der Waals surface area contributed by atoms with Gasteiger partial charge < -0.3 is 15.6 Å². The van der Waals surface area contributed by atoms with Crippen LogP contribution in [0.4, 0.5) is 0 Å². The first kappa shape index (κ1) is 21.6. The van der Waals surface area contributed by atoms with E-state index in [1.807, 2.05) is 58.9 Å². The molecule has 0 fully saturated rings. The third-order valence-electron chi connectivity index (χ3n) is 2.65. The molecule has 0 aromatic heterocycles. The molecule has 0 heterocycles. The van der Waals surface area contributed by atoms with Crippen LogP contribution in [-0.4, -0.2) is 16.4 Å². The van der Waals surface area contributed by atoms with Gasteiger partial charge in [-0.2, -0.15) is 0 Å². The van der Waals surface area contributed by atoms with Crippen LogP contribution in [0.15, 0.2) is 41.3 Å². The summed E-state index contributed by atoms with van der Waals surface area (Å²) in [5, 5.41) is 29.3. The maximum Gasteiger partial charge on any atom is 0.173 e. The second-order valence-corrected chi connectivity index (χ2v) is 5.10. The zero-order chi connectivity index (χ0) is 18.5. The van der Waals surface area contributed by atoms with Gasteiger partial charge in [0.15, 0.2) is 11.5 Å². The van der Waals surface area contributed by atoms with Gasteiger partial charge in [0, 0.05) is 11.1 Å². The Balaban J connectivity index is 0.00000123. The second-order valence-electron chi connectivity index (χ2n) is 4.22. The highest BCUT2D eigenvalue weighted by Gasteiger charge is 2.06. The number of aryl methyl sites for hydroxylation is 1. The summed E-state index contributed by atoms with van der Waals surface area (Å²) in [5.74, 6) is 2.27. The summed E-state index contributed by atoms with van der Waals surface area (Å²) in [6.07, 6.45) is 1.09. The fourth-order valence-corrected chi connectivity index (χ4v) is 2.12.